The molecule has 92 valence electrons. The molecule has 18 heavy (non-hydrogen) atoms. The molecule has 0 aliphatic heterocycles. The molecule has 2 aromatic carbocycles. The molecule has 0 spiro atoms. The van der Waals surface area contributed by atoms with Gasteiger partial charge in [-0.1, -0.05) is 12.1 Å². The Morgan fingerprint density at radius 1 is 0.944 bits per heavy atom. The van der Waals surface area contributed by atoms with Crippen LogP contribution in [0.4, 0.5) is 8.78 Å². The van der Waals surface area contributed by atoms with E-state index in [2.05, 4.69) is 0 Å². The van der Waals surface area contributed by atoms with Gasteiger partial charge in [0.05, 0.1) is 0 Å². The van der Waals surface area contributed by atoms with Crippen LogP contribution in [0, 0.1) is 11.6 Å². The standard InChI is InChI=1S/C12H9BF2O3/c14-9-3-6-11(15)12(7-9)18-10-4-1-8(2-5-10)13(16)17/h1-7,16-17H. The van der Waals surface area contributed by atoms with Crippen LogP contribution in [0.15, 0.2) is 42.5 Å². The summed E-state index contributed by atoms with van der Waals surface area (Å²) in [6.45, 7) is 0. The van der Waals surface area contributed by atoms with Crippen LogP contribution in [0.1, 0.15) is 0 Å². The Kier molecular flexibility index (Phi) is 3.59. The largest absolute Gasteiger partial charge is 0.488 e. The summed E-state index contributed by atoms with van der Waals surface area (Å²) in [5.74, 6) is -1.24. The van der Waals surface area contributed by atoms with Gasteiger partial charge in [0.25, 0.3) is 0 Å². The average molecular weight is 250 g/mol. The fourth-order valence-electron chi connectivity index (χ4n) is 1.39. The average Bonchev–Trinajstić information content (AvgIpc) is 2.34. The molecule has 0 atom stereocenters. The van der Waals surface area contributed by atoms with Crippen molar-refractivity contribution >= 4 is 12.6 Å². The van der Waals surface area contributed by atoms with Crippen LogP contribution in [0.5, 0.6) is 11.5 Å². The first-order chi connectivity index (χ1) is 8.56. The number of ether oxygens (including phenoxy) is 1. The topological polar surface area (TPSA) is 49.7 Å². The molecule has 0 amide bonds. The normalized spacial score (nSPS) is 10.2. The number of benzene rings is 2. The zero-order valence-corrected chi connectivity index (χ0v) is 9.18. The Labute approximate surface area is 102 Å². The second-order valence-corrected chi connectivity index (χ2v) is 3.62. The van der Waals surface area contributed by atoms with Crippen LogP contribution in [0.3, 0.4) is 0 Å². The van der Waals surface area contributed by atoms with Crippen LogP contribution in [-0.2, 0) is 0 Å². The Morgan fingerprint density at radius 3 is 2.22 bits per heavy atom. The van der Waals surface area contributed by atoms with Gasteiger partial charge in [-0.2, -0.15) is 0 Å². The summed E-state index contributed by atoms with van der Waals surface area (Å²) >= 11 is 0. The van der Waals surface area contributed by atoms with Crippen molar-refractivity contribution in [3.05, 3.63) is 54.1 Å². The van der Waals surface area contributed by atoms with Gasteiger partial charge in [0.1, 0.15) is 11.6 Å². The molecular formula is C12H9BF2O3. The second-order valence-electron chi connectivity index (χ2n) is 3.62. The molecule has 0 aliphatic rings. The number of hydrogen-bond acceptors (Lipinski definition) is 3. The Balaban J connectivity index is 2.21. The van der Waals surface area contributed by atoms with E-state index >= 15 is 0 Å². The maximum Gasteiger partial charge on any atom is 0.488 e. The highest BCUT2D eigenvalue weighted by Gasteiger charge is 2.11. The first-order valence-electron chi connectivity index (χ1n) is 5.15. The van der Waals surface area contributed by atoms with E-state index in [-0.39, 0.29) is 17.0 Å². The molecule has 0 aliphatic carbocycles. The number of hydrogen-bond donors (Lipinski definition) is 2. The minimum absolute atomic E-state index is 0.229. The minimum Gasteiger partial charge on any atom is -0.454 e. The molecule has 2 N–H and O–H groups in total. The van der Waals surface area contributed by atoms with Crippen molar-refractivity contribution in [2.75, 3.05) is 0 Å². The van der Waals surface area contributed by atoms with Gasteiger partial charge in [-0.05, 0) is 29.7 Å². The molecule has 0 heterocycles. The molecule has 0 aromatic heterocycles. The van der Waals surface area contributed by atoms with Crippen molar-refractivity contribution in [1.82, 2.24) is 0 Å². The minimum atomic E-state index is -1.58. The third-order valence-electron chi connectivity index (χ3n) is 2.30. The van der Waals surface area contributed by atoms with Gasteiger partial charge in [0.2, 0.25) is 0 Å². The van der Waals surface area contributed by atoms with E-state index < -0.39 is 18.8 Å². The predicted molar refractivity (Wildman–Crippen MR) is 62.7 cm³/mol. The van der Waals surface area contributed by atoms with Gasteiger partial charge in [-0.15, -0.1) is 0 Å². The molecule has 0 bridgehead atoms. The second kappa shape index (κ2) is 5.16. The lowest BCUT2D eigenvalue weighted by molar-refractivity contribution is 0.425. The van der Waals surface area contributed by atoms with Gasteiger partial charge in [-0.3, -0.25) is 0 Å². The summed E-state index contributed by atoms with van der Waals surface area (Å²) in [6.07, 6.45) is 0. The van der Waals surface area contributed by atoms with Crippen molar-refractivity contribution < 1.29 is 23.6 Å². The number of halogens is 2. The molecule has 0 unspecified atom stereocenters. The molecule has 6 heteroatoms. The fraction of sp³-hybridized carbons (Fsp3) is 0. The first kappa shape index (κ1) is 12.5. The van der Waals surface area contributed by atoms with Crippen molar-refractivity contribution in [3.63, 3.8) is 0 Å². The Hall–Kier alpha value is -1.92. The summed E-state index contributed by atoms with van der Waals surface area (Å²) < 4.78 is 31.3. The molecule has 0 saturated heterocycles. The van der Waals surface area contributed by atoms with E-state index in [9.17, 15) is 8.78 Å². The summed E-state index contributed by atoms with van der Waals surface area (Å²) in [4.78, 5) is 0. The highest BCUT2D eigenvalue weighted by atomic mass is 19.1. The predicted octanol–water partition coefficient (Wildman–Crippen LogP) is 1.44. The van der Waals surface area contributed by atoms with E-state index in [1.807, 2.05) is 0 Å². The van der Waals surface area contributed by atoms with Crippen LogP contribution < -0.4 is 10.2 Å². The first-order valence-corrected chi connectivity index (χ1v) is 5.15. The lowest BCUT2D eigenvalue weighted by Gasteiger charge is -2.07. The molecule has 2 aromatic rings. The van der Waals surface area contributed by atoms with Crippen molar-refractivity contribution in [3.8, 4) is 11.5 Å². The molecule has 2 rings (SSSR count). The summed E-state index contributed by atoms with van der Waals surface area (Å²) in [7, 11) is -1.58. The zero-order chi connectivity index (χ0) is 13.1. The van der Waals surface area contributed by atoms with Crippen LogP contribution in [-0.4, -0.2) is 17.2 Å². The Bertz CT molecular complexity index is 544. The van der Waals surface area contributed by atoms with Crippen LogP contribution in [0.2, 0.25) is 0 Å². The summed E-state index contributed by atoms with van der Waals surface area (Å²) in [6, 6.07) is 8.58. The third-order valence-corrected chi connectivity index (χ3v) is 2.30. The smallest absolute Gasteiger partial charge is 0.454 e. The molecule has 0 saturated carbocycles. The van der Waals surface area contributed by atoms with Crippen molar-refractivity contribution in [1.29, 1.82) is 0 Å². The van der Waals surface area contributed by atoms with E-state index in [4.69, 9.17) is 14.8 Å². The maximum atomic E-state index is 13.3. The quantitative estimate of drug-likeness (QED) is 0.810. The molecular weight excluding hydrogens is 241 g/mol. The molecule has 0 radical (unpaired) electrons. The lowest BCUT2D eigenvalue weighted by atomic mass is 9.80. The summed E-state index contributed by atoms with van der Waals surface area (Å²) in [5, 5.41) is 17.8. The monoisotopic (exact) mass is 250 g/mol. The van der Waals surface area contributed by atoms with Gasteiger partial charge >= 0.3 is 7.12 Å². The zero-order valence-electron chi connectivity index (χ0n) is 9.18. The van der Waals surface area contributed by atoms with Gasteiger partial charge in [-0.25, -0.2) is 8.78 Å². The van der Waals surface area contributed by atoms with E-state index in [1.165, 1.54) is 24.3 Å². The van der Waals surface area contributed by atoms with Gasteiger partial charge in [0.15, 0.2) is 11.6 Å². The highest BCUT2D eigenvalue weighted by molar-refractivity contribution is 6.58. The van der Waals surface area contributed by atoms with Crippen molar-refractivity contribution in [2.24, 2.45) is 0 Å². The van der Waals surface area contributed by atoms with Crippen LogP contribution in [0.25, 0.3) is 0 Å². The molecule has 0 fully saturated rings. The van der Waals surface area contributed by atoms with Crippen molar-refractivity contribution in [2.45, 2.75) is 0 Å². The van der Waals surface area contributed by atoms with E-state index in [1.54, 1.807) is 0 Å². The number of rotatable bonds is 3. The lowest BCUT2D eigenvalue weighted by Crippen LogP contribution is -2.29. The van der Waals surface area contributed by atoms with Crippen LogP contribution >= 0.6 is 0 Å². The SMILES string of the molecule is OB(O)c1ccc(Oc2cc(F)ccc2F)cc1. The molecule has 3 nitrogen and oxygen atoms in total. The van der Waals surface area contributed by atoms with E-state index in [0.717, 1.165) is 18.2 Å². The van der Waals surface area contributed by atoms with E-state index in [0.29, 0.717) is 0 Å². The third kappa shape index (κ3) is 2.85. The summed E-state index contributed by atoms with van der Waals surface area (Å²) in [5.41, 5.74) is 0.280. The van der Waals surface area contributed by atoms with Gasteiger partial charge in [0, 0.05) is 6.07 Å². The fourth-order valence-corrected chi connectivity index (χ4v) is 1.39. The maximum absolute atomic E-state index is 13.3. The van der Waals surface area contributed by atoms with Gasteiger partial charge < -0.3 is 14.8 Å². The highest BCUT2D eigenvalue weighted by Crippen LogP contribution is 2.24. The Morgan fingerprint density at radius 2 is 1.61 bits per heavy atom.